The van der Waals surface area contributed by atoms with Crippen LogP contribution in [0, 0.1) is 0 Å². The summed E-state index contributed by atoms with van der Waals surface area (Å²) in [5, 5.41) is 0. The van der Waals surface area contributed by atoms with Gasteiger partial charge in [-0.1, -0.05) is 61.6 Å². The summed E-state index contributed by atoms with van der Waals surface area (Å²) in [5.41, 5.74) is 3.69. The Morgan fingerprint density at radius 3 is 2.54 bits per heavy atom. The Kier molecular flexibility index (Phi) is 7.42. The van der Waals surface area contributed by atoms with E-state index >= 15 is 0 Å². The van der Waals surface area contributed by atoms with Crippen molar-refractivity contribution in [2.24, 2.45) is 0 Å². The molecule has 6 nitrogen and oxygen atoms in total. The van der Waals surface area contributed by atoms with Crippen LogP contribution in [-0.2, 0) is 0 Å². The number of imidazole rings is 1. The molecule has 190 valence electrons. The Hall–Kier alpha value is -3.84. The van der Waals surface area contributed by atoms with Crippen LogP contribution < -0.4 is 24.3 Å². The standard InChI is InChI=1S/C30H30N2O4S/c1-4-20(2)22-10-5-8-13-25(22)35-16-9-17-36-26-15-14-21(18-27(26)34-3)19-28-29(33)32-24-12-7-6-11-23(24)31-30(32)37-28/h5-8,10-15,18-20H,4,9,16-17H2,1-3H3/b28-19-. The van der Waals surface area contributed by atoms with Gasteiger partial charge >= 0.3 is 0 Å². The van der Waals surface area contributed by atoms with E-state index in [2.05, 4.69) is 31.0 Å². The predicted molar refractivity (Wildman–Crippen MR) is 149 cm³/mol. The van der Waals surface area contributed by atoms with Gasteiger partial charge in [0.1, 0.15) is 5.75 Å². The molecule has 0 saturated carbocycles. The number of aromatic nitrogens is 2. The van der Waals surface area contributed by atoms with Gasteiger partial charge in [0, 0.05) is 6.42 Å². The molecule has 5 aromatic rings. The van der Waals surface area contributed by atoms with Crippen LogP contribution >= 0.6 is 11.3 Å². The van der Waals surface area contributed by atoms with E-state index in [4.69, 9.17) is 14.2 Å². The zero-order valence-corrected chi connectivity index (χ0v) is 22.1. The van der Waals surface area contributed by atoms with Crippen LogP contribution in [0.5, 0.6) is 17.2 Å². The lowest BCUT2D eigenvalue weighted by molar-refractivity contribution is 0.239. The first-order chi connectivity index (χ1) is 18.1. The maximum atomic E-state index is 13.0. The molecule has 5 rings (SSSR count). The van der Waals surface area contributed by atoms with E-state index in [-0.39, 0.29) is 5.56 Å². The van der Waals surface area contributed by atoms with Crippen molar-refractivity contribution in [1.82, 2.24) is 9.38 Å². The largest absolute Gasteiger partial charge is 0.493 e. The molecule has 0 spiro atoms. The lowest BCUT2D eigenvalue weighted by Gasteiger charge is -2.16. The second kappa shape index (κ2) is 11.0. The molecule has 37 heavy (non-hydrogen) atoms. The summed E-state index contributed by atoms with van der Waals surface area (Å²) >= 11 is 1.38. The van der Waals surface area contributed by atoms with E-state index < -0.39 is 0 Å². The quantitative estimate of drug-likeness (QED) is 0.220. The van der Waals surface area contributed by atoms with E-state index in [1.54, 1.807) is 11.5 Å². The Bertz CT molecular complexity index is 1640. The summed E-state index contributed by atoms with van der Waals surface area (Å²) in [7, 11) is 1.62. The molecule has 0 saturated heterocycles. The summed E-state index contributed by atoms with van der Waals surface area (Å²) in [6.07, 6.45) is 3.68. The second-order valence-electron chi connectivity index (χ2n) is 8.94. The monoisotopic (exact) mass is 514 g/mol. The molecule has 2 aromatic heterocycles. The maximum Gasteiger partial charge on any atom is 0.274 e. The van der Waals surface area contributed by atoms with Crippen molar-refractivity contribution >= 4 is 33.4 Å². The molecule has 1 atom stereocenters. The minimum absolute atomic E-state index is 0.0668. The topological polar surface area (TPSA) is 62.1 Å². The minimum Gasteiger partial charge on any atom is -0.493 e. The van der Waals surface area contributed by atoms with Gasteiger partial charge in [-0.25, -0.2) is 9.38 Å². The number of ether oxygens (including phenoxy) is 3. The number of benzene rings is 3. The van der Waals surface area contributed by atoms with Gasteiger partial charge in [0.25, 0.3) is 5.56 Å². The van der Waals surface area contributed by atoms with Crippen molar-refractivity contribution < 1.29 is 14.2 Å². The number of nitrogens with zero attached hydrogens (tertiary/aromatic N) is 2. The van der Waals surface area contributed by atoms with Crippen molar-refractivity contribution in [3.8, 4) is 17.2 Å². The number of hydrogen-bond donors (Lipinski definition) is 0. The molecule has 0 fully saturated rings. The predicted octanol–water partition coefficient (Wildman–Crippen LogP) is 5.83. The third-order valence-corrected chi connectivity index (χ3v) is 7.47. The molecule has 2 heterocycles. The molecular weight excluding hydrogens is 484 g/mol. The van der Waals surface area contributed by atoms with Gasteiger partial charge in [0.05, 0.1) is 35.9 Å². The molecule has 0 aliphatic heterocycles. The molecule has 3 aromatic carbocycles. The van der Waals surface area contributed by atoms with Gasteiger partial charge in [-0.2, -0.15) is 0 Å². The van der Waals surface area contributed by atoms with Crippen molar-refractivity contribution in [1.29, 1.82) is 0 Å². The summed E-state index contributed by atoms with van der Waals surface area (Å²) in [5.74, 6) is 2.69. The molecule has 0 radical (unpaired) electrons. The summed E-state index contributed by atoms with van der Waals surface area (Å²) in [6.45, 7) is 5.48. The van der Waals surface area contributed by atoms with Gasteiger partial charge in [-0.15, -0.1) is 0 Å². The van der Waals surface area contributed by atoms with E-state index in [9.17, 15) is 4.79 Å². The first-order valence-electron chi connectivity index (χ1n) is 12.5. The van der Waals surface area contributed by atoms with Crippen LogP contribution in [-0.4, -0.2) is 29.7 Å². The summed E-state index contributed by atoms with van der Waals surface area (Å²) in [4.78, 5) is 18.3. The Morgan fingerprint density at radius 1 is 0.973 bits per heavy atom. The molecule has 0 amide bonds. The summed E-state index contributed by atoms with van der Waals surface area (Å²) < 4.78 is 19.9. The first kappa shape index (κ1) is 24.8. The fraction of sp³-hybridized carbons (Fsp3) is 0.267. The highest BCUT2D eigenvalue weighted by atomic mass is 32.1. The first-order valence-corrected chi connectivity index (χ1v) is 13.3. The van der Waals surface area contributed by atoms with E-state index in [0.717, 1.165) is 35.2 Å². The van der Waals surface area contributed by atoms with Crippen molar-refractivity contribution in [2.75, 3.05) is 20.3 Å². The fourth-order valence-electron chi connectivity index (χ4n) is 4.32. The smallest absolute Gasteiger partial charge is 0.274 e. The van der Waals surface area contributed by atoms with Crippen LogP contribution in [0.2, 0.25) is 0 Å². The molecule has 1 unspecified atom stereocenters. The van der Waals surface area contributed by atoms with E-state index in [1.165, 1.54) is 16.9 Å². The number of para-hydroxylation sites is 3. The van der Waals surface area contributed by atoms with Gasteiger partial charge < -0.3 is 14.2 Å². The number of fused-ring (bicyclic) bond motifs is 3. The maximum absolute atomic E-state index is 13.0. The van der Waals surface area contributed by atoms with E-state index in [1.807, 2.05) is 60.7 Å². The van der Waals surface area contributed by atoms with Gasteiger partial charge in [-0.05, 0) is 59.9 Å². The highest BCUT2D eigenvalue weighted by Gasteiger charge is 2.12. The van der Waals surface area contributed by atoms with Crippen LogP contribution in [0.1, 0.15) is 43.7 Å². The zero-order valence-electron chi connectivity index (χ0n) is 21.3. The second-order valence-corrected chi connectivity index (χ2v) is 9.95. The molecule has 7 heteroatoms. The normalized spacial score (nSPS) is 12.8. The lowest BCUT2D eigenvalue weighted by Crippen LogP contribution is -2.22. The minimum atomic E-state index is -0.0668. The summed E-state index contributed by atoms with van der Waals surface area (Å²) in [6, 6.07) is 21.6. The molecule has 0 N–H and O–H groups in total. The van der Waals surface area contributed by atoms with Crippen LogP contribution in [0.3, 0.4) is 0 Å². The molecule has 0 aliphatic rings. The highest BCUT2D eigenvalue weighted by Crippen LogP contribution is 2.30. The highest BCUT2D eigenvalue weighted by molar-refractivity contribution is 7.15. The number of methoxy groups -OCH3 is 1. The lowest BCUT2D eigenvalue weighted by atomic mass is 9.98. The number of hydrogen-bond acceptors (Lipinski definition) is 6. The fourth-order valence-corrected chi connectivity index (χ4v) is 5.31. The van der Waals surface area contributed by atoms with Crippen LogP contribution in [0.4, 0.5) is 0 Å². The van der Waals surface area contributed by atoms with Crippen LogP contribution in [0.25, 0.3) is 22.1 Å². The van der Waals surface area contributed by atoms with Crippen LogP contribution in [0.15, 0.2) is 71.5 Å². The molecule has 0 aliphatic carbocycles. The molecular formula is C30H30N2O4S. The van der Waals surface area contributed by atoms with Crippen molar-refractivity contribution in [2.45, 2.75) is 32.6 Å². The Balaban J connectivity index is 1.25. The third-order valence-electron chi connectivity index (χ3n) is 6.50. The Morgan fingerprint density at radius 2 is 1.73 bits per heavy atom. The average Bonchev–Trinajstić information content (AvgIpc) is 3.44. The van der Waals surface area contributed by atoms with Gasteiger partial charge in [0.15, 0.2) is 16.5 Å². The van der Waals surface area contributed by atoms with E-state index in [0.29, 0.717) is 40.1 Å². The number of rotatable bonds is 10. The van der Waals surface area contributed by atoms with Gasteiger partial charge in [0.2, 0.25) is 0 Å². The molecule has 0 bridgehead atoms. The third kappa shape index (κ3) is 5.18. The average molecular weight is 515 g/mol. The number of thiazole rings is 1. The van der Waals surface area contributed by atoms with Gasteiger partial charge in [-0.3, -0.25) is 4.79 Å². The SMILES string of the molecule is CCC(C)c1ccccc1OCCCOc1ccc(/C=c2\sc3nc4ccccc4n3c2=O)cc1OC. The zero-order chi connectivity index (χ0) is 25.8. The van der Waals surface area contributed by atoms with Crippen molar-refractivity contribution in [3.05, 3.63) is 92.7 Å². The van der Waals surface area contributed by atoms with Crippen molar-refractivity contribution in [3.63, 3.8) is 0 Å². The Labute approximate surface area is 219 Å².